The van der Waals surface area contributed by atoms with Crippen molar-refractivity contribution in [2.45, 2.75) is 33.1 Å². The van der Waals surface area contributed by atoms with Gasteiger partial charge in [0.2, 0.25) is 0 Å². The second kappa shape index (κ2) is 6.54. The summed E-state index contributed by atoms with van der Waals surface area (Å²) in [4.78, 5) is 18.0. The summed E-state index contributed by atoms with van der Waals surface area (Å²) in [7, 11) is 0. The number of fused-ring (bicyclic) bond motifs is 1. The van der Waals surface area contributed by atoms with Gasteiger partial charge in [0.1, 0.15) is 10.8 Å². The van der Waals surface area contributed by atoms with Crippen LogP contribution in [-0.4, -0.2) is 23.9 Å². The topological polar surface area (TPSA) is 58.9 Å². The molecule has 0 saturated heterocycles. The first-order chi connectivity index (χ1) is 11.1. The number of hydrogen-bond acceptors (Lipinski definition) is 5. The number of phenols is 1. The van der Waals surface area contributed by atoms with E-state index in [1.807, 2.05) is 19.1 Å². The lowest BCUT2D eigenvalue weighted by Gasteiger charge is -2.04. The van der Waals surface area contributed by atoms with E-state index in [2.05, 4.69) is 4.99 Å². The van der Waals surface area contributed by atoms with Crippen molar-refractivity contribution in [3.05, 3.63) is 45.3 Å². The van der Waals surface area contributed by atoms with Gasteiger partial charge in [-0.05, 0) is 56.4 Å². The number of aryl methyl sites for hydroxylation is 2. The van der Waals surface area contributed by atoms with E-state index in [4.69, 9.17) is 4.74 Å². The zero-order valence-corrected chi connectivity index (χ0v) is 14.1. The maximum absolute atomic E-state index is 12.3. The lowest BCUT2D eigenvalue weighted by Crippen LogP contribution is -2.06. The smallest absolute Gasteiger partial charge is 0.341 e. The van der Waals surface area contributed by atoms with Gasteiger partial charge in [0, 0.05) is 16.7 Å². The maximum atomic E-state index is 12.3. The lowest BCUT2D eigenvalue weighted by molar-refractivity contribution is 0.0527. The first-order valence-corrected chi connectivity index (χ1v) is 8.57. The number of esters is 1. The van der Waals surface area contributed by atoms with E-state index in [0.717, 1.165) is 30.4 Å². The van der Waals surface area contributed by atoms with Crippen molar-refractivity contribution in [3.8, 4) is 5.75 Å². The highest BCUT2D eigenvalue weighted by Gasteiger charge is 2.27. The van der Waals surface area contributed by atoms with Gasteiger partial charge < -0.3 is 9.84 Å². The Morgan fingerprint density at radius 1 is 1.43 bits per heavy atom. The zero-order valence-electron chi connectivity index (χ0n) is 13.3. The van der Waals surface area contributed by atoms with Crippen LogP contribution in [0, 0.1) is 6.92 Å². The monoisotopic (exact) mass is 329 g/mol. The Hall–Kier alpha value is -2.14. The van der Waals surface area contributed by atoms with E-state index in [0.29, 0.717) is 22.7 Å². The predicted octanol–water partition coefficient (Wildman–Crippen LogP) is 4.18. The molecule has 2 aromatic rings. The molecule has 0 radical (unpaired) electrons. The second-order valence-electron chi connectivity index (χ2n) is 5.58. The van der Waals surface area contributed by atoms with Crippen molar-refractivity contribution in [3.63, 3.8) is 0 Å². The number of hydrogen-bond donors (Lipinski definition) is 1. The van der Waals surface area contributed by atoms with Crippen LogP contribution in [0.25, 0.3) is 0 Å². The van der Waals surface area contributed by atoms with E-state index in [9.17, 15) is 9.90 Å². The third-order valence-electron chi connectivity index (χ3n) is 3.89. The molecular weight excluding hydrogens is 310 g/mol. The van der Waals surface area contributed by atoms with Crippen LogP contribution in [0.15, 0.2) is 23.2 Å². The normalized spacial score (nSPS) is 13.5. The number of rotatable bonds is 4. The molecule has 0 aliphatic heterocycles. The largest absolute Gasteiger partial charge is 0.507 e. The Balaban J connectivity index is 1.96. The minimum Gasteiger partial charge on any atom is -0.507 e. The van der Waals surface area contributed by atoms with Gasteiger partial charge in [-0.15, -0.1) is 11.3 Å². The van der Waals surface area contributed by atoms with Crippen LogP contribution in [0.2, 0.25) is 0 Å². The second-order valence-corrected chi connectivity index (χ2v) is 6.66. The van der Waals surface area contributed by atoms with Gasteiger partial charge >= 0.3 is 5.97 Å². The summed E-state index contributed by atoms with van der Waals surface area (Å²) < 4.78 is 5.19. The minimum absolute atomic E-state index is 0.190. The molecule has 120 valence electrons. The molecule has 1 aliphatic carbocycles. The molecule has 0 unspecified atom stereocenters. The maximum Gasteiger partial charge on any atom is 0.341 e. The molecule has 1 heterocycles. The fraction of sp³-hybridized carbons (Fsp3) is 0.333. The van der Waals surface area contributed by atoms with Gasteiger partial charge in [0.25, 0.3) is 0 Å². The molecule has 0 fully saturated rings. The Bertz CT molecular complexity index is 777. The molecule has 0 saturated carbocycles. The Morgan fingerprint density at radius 2 is 2.26 bits per heavy atom. The predicted molar refractivity (Wildman–Crippen MR) is 92.4 cm³/mol. The van der Waals surface area contributed by atoms with Gasteiger partial charge in [-0.1, -0.05) is 6.07 Å². The van der Waals surface area contributed by atoms with E-state index < -0.39 is 0 Å². The average Bonchev–Trinajstić information content (AvgIpc) is 3.06. The summed E-state index contributed by atoms with van der Waals surface area (Å²) in [5, 5.41) is 10.6. The van der Waals surface area contributed by atoms with Gasteiger partial charge in [-0.25, -0.2) is 9.79 Å². The number of benzene rings is 1. The van der Waals surface area contributed by atoms with E-state index in [1.165, 1.54) is 4.88 Å². The van der Waals surface area contributed by atoms with E-state index >= 15 is 0 Å². The fourth-order valence-corrected chi connectivity index (χ4v) is 4.01. The van der Waals surface area contributed by atoms with Gasteiger partial charge in [-0.3, -0.25) is 0 Å². The molecule has 0 amide bonds. The zero-order chi connectivity index (χ0) is 16.4. The fourth-order valence-electron chi connectivity index (χ4n) is 2.79. The van der Waals surface area contributed by atoms with Crippen LogP contribution < -0.4 is 0 Å². The Kier molecular flexibility index (Phi) is 4.48. The Labute approximate surface area is 139 Å². The quantitative estimate of drug-likeness (QED) is 0.676. The molecule has 0 atom stereocenters. The average molecular weight is 329 g/mol. The SMILES string of the molecule is CCOC(=O)c1c(N=Cc2ccc(C)cc2O)sc2c1CCC2. The van der Waals surface area contributed by atoms with Gasteiger partial charge in [0.05, 0.1) is 12.2 Å². The molecular formula is C18H19NO3S. The molecule has 5 heteroatoms. The third kappa shape index (κ3) is 3.15. The van der Waals surface area contributed by atoms with Crippen LogP contribution in [0.5, 0.6) is 5.75 Å². The summed E-state index contributed by atoms with van der Waals surface area (Å²) in [5.74, 6) is -0.109. The van der Waals surface area contributed by atoms with Crippen LogP contribution in [0.4, 0.5) is 5.00 Å². The van der Waals surface area contributed by atoms with Crippen molar-refractivity contribution in [2.75, 3.05) is 6.61 Å². The summed E-state index contributed by atoms with van der Waals surface area (Å²) in [6.07, 6.45) is 4.60. The van der Waals surface area contributed by atoms with Gasteiger partial charge in [0.15, 0.2) is 0 Å². The first-order valence-electron chi connectivity index (χ1n) is 7.75. The van der Waals surface area contributed by atoms with Crippen LogP contribution in [-0.2, 0) is 17.6 Å². The highest BCUT2D eigenvalue weighted by atomic mass is 32.1. The molecule has 23 heavy (non-hydrogen) atoms. The number of carbonyl (C=O) groups is 1. The lowest BCUT2D eigenvalue weighted by atomic mass is 10.1. The number of aromatic hydroxyl groups is 1. The summed E-state index contributed by atoms with van der Waals surface area (Å²) in [5.41, 5.74) is 3.32. The number of thiophene rings is 1. The summed E-state index contributed by atoms with van der Waals surface area (Å²) in [6.45, 7) is 4.08. The standard InChI is InChI=1S/C18H19NO3S/c1-3-22-18(21)16-13-5-4-6-15(13)23-17(16)19-10-12-8-7-11(2)9-14(12)20/h7-10,20H,3-6H2,1-2H3. The Morgan fingerprint density at radius 3 is 3.00 bits per heavy atom. The van der Waals surface area contributed by atoms with Crippen molar-refractivity contribution in [2.24, 2.45) is 4.99 Å². The van der Waals surface area contributed by atoms with Gasteiger partial charge in [-0.2, -0.15) is 0 Å². The number of carbonyl (C=O) groups excluding carboxylic acids is 1. The summed E-state index contributed by atoms with van der Waals surface area (Å²) >= 11 is 1.55. The van der Waals surface area contributed by atoms with Crippen molar-refractivity contribution < 1.29 is 14.6 Å². The minimum atomic E-state index is -0.299. The van der Waals surface area contributed by atoms with E-state index in [-0.39, 0.29) is 11.7 Å². The first kappa shape index (κ1) is 15.7. The number of ether oxygens (including phenoxy) is 1. The third-order valence-corrected chi connectivity index (χ3v) is 5.09. The molecule has 1 aromatic heterocycles. The molecule has 0 spiro atoms. The van der Waals surface area contributed by atoms with Crippen LogP contribution in [0.1, 0.15) is 45.3 Å². The highest BCUT2D eigenvalue weighted by molar-refractivity contribution is 7.16. The number of nitrogens with zero attached hydrogens (tertiary/aromatic N) is 1. The van der Waals surface area contributed by atoms with Crippen LogP contribution in [0.3, 0.4) is 0 Å². The molecule has 1 aromatic carbocycles. The number of aliphatic imine (C=N–C) groups is 1. The van der Waals surface area contributed by atoms with Crippen molar-refractivity contribution in [1.82, 2.24) is 0 Å². The molecule has 1 aliphatic rings. The van der Waals surface area contributed by atoms with Crippen molar-refractivity contribution in [1.29, 1.82) is 0 Å². The highest BCUT2D eigenvalue weighted by Crippen LogP contribution is 2.41. The molecule has 3 rings (SSSR count). The van der Waals surface area contributed by atoms with Crippen molar-refractivity contribution >= 4 is 28.5 Å². The summed E-state index contributed by atoms with van der Waals surface area (Å²) in [6, 6.07) is 5.43. The molecule has 4 nitrogen and oxygen atoms in total. The van der Waals surface area contributed by atoms with E-state index in [1.54, 1.807) is 30.5 Å². The number of phenolic OH excluding ortho intramolecular Hbond substituents is 1. The molecule has 0 bridgehead atoms. The molecule has 1 N–H and O–H groups in total. The van der Waals surface area contributed by atoms with Crippen LogP contribution >= 0.6 is 11.3 Å².